The standard InChI is InChI=1S/C13H26N2O2/c1-3-14-10-11(2)13(17)15(8-9-16)12-6-4-5-7-12/h11-12,14,16H,3-10H2,1-2H3. The van der Waals surface area contributed by atoms with Gasteiger partial charge in [0.25, 0.3) is 0 Å². The minimum absolute atomic E-state index is 0.00194. The van der Waals surface area contributed by atoms with E-state index in [0.717, 1.165) is 25.9 Å². The van der Waals surface area contributed by atoms with Crippen molar-refractivity contribution in [3.8, 4) is 0 Å². The number of aliphatic hydroxyl groups is 1. The van der Waals surface area contributed by atoms with Crippen LogP contribution in [0.1, 0.15) is 39.5 Å². The van der Waals surface area contributed by atoms with Crippen molar-refractivity contribution in [1.29, 1.82) is 0 Å². The monoisotopic (exact) mass is 242 g/mol. The summed E-state index contributed by atoms with van der Waals surface area (Å²) in [6.07, 6.45) is 4.61. The molecule has 0 saturated heterocycles. The van der Waals surface area contributed by atoms with Gasteiger partial charge in [0, 0.05) is 25.0 Å². The average Bonchev–Trinajstić information content (AvgIpc) is 2.85. The molecule has 1 aliphatic carbocycles. The van der Waals surface area contributed by atoms with E-state index in [9.17, 15) is 4.79 Å². The van der Waals surface area contributed by atoms with Crippen molar-refractivity contribution in [2.75, 3.05) is 26.2 Å². The molecule has 17 heavy (non-hydrogen) atoms. The number of carbonyl (C=O) groups excluding carboxylic acids is 1. The Bertz CT molecular complexity index is 227. The second-order valence-electron chi connectivity index (χ2n) is 4.90. The fourth-order valence-corrected chi connectivity index (χ4v) is 2.53. The Morgan fingerprint density at radius 3 is 2.65 bits per heavy atom. The zero-order chi connectivity index (χ0) is 12.7. The molecule has 0 bridgehead atoms. The Labute approximate surface area is 104 Å². The van der Waals surface area contributed by atoms with Crippen LogP contribution in [-0.4, -0.2) is 48.2 Å². The summed E-state index contributed by atoms with van der Waals surface area (Å²) in [4.78, 5) is 14.2. The molecule has 1 atom stereocenters. The van der Waals surface area contributed by atoms with E-state index in [-0.39, 0.29) is 18.4 Å². The third kappa shape index (κ3) is 4.28. The van der Waals surface area contributed by atoms with Crippen LogP contribution in [0.5, 0.6) is 0 Å². The van der Waals surface area contributed by atoms with Crippen LogP contribution in [0, 0.1) is 5.92 Å². The maximum absolute atomic E-state index is 12.3. The number of nitrogens with zero attached hydrogens (tertiary/aromatic N) is 1. The summed E-state index contributed by atoms with van der Waals surface area (Å²) in [7, 11) is 0. The van der Waals surface area contributed by atoms with Crippen molar-refractivity contribution in [2.24, 2.45) is 5.92 Å². The van der Waals surface area contributed by atoms with Crippen LogP contribution in [0.4, 0.5) is 0 Å². The van der Waals surface area contributed by atoms with Crippen LogP contribution in [0.3, 0.4) is 0 Å². The van der Waals surface area contributed by atoms with Gasteiger partial charge in [0.05, 0.1) is 6.61 Å². The first-order chi connectivity index (χ1) is 8.20. The van der Waals surface area contributed by atoms with Crippen LogP contribution in [-0.2, 0) is 4.79 Å². The maximum atomic E-state index is 12.3. The Balaban J connectivity index is 2.52. The number of rotatable bonds is 7. The average molecular weight is 242 g/mol. The Morgan fingerprint density at radius 2 is 2.12 bits per heavy atom. The zero-order valence-corrected chi connectivity index (χ0v) is 11.1. The summed E-state index contributed by atoms with van der Waals surface area (Å²) in [6, 6.07) is 0.360. The number of hydrogen-bond acceptors (Lipinski definition) is 3. The summed E-state index contributed by atoms with van der Waals surface area (Å²) in [6.45, 7) is 6.17. The summed E-state index contributed by atoms with van der Waals surface area (Å²) < 4.78 is 0. The summed E-state index contributed by atoms with van der Waals surface area (Å²) in [5.74, 6) is 0.189. The van der Waals surface area contributed by atoms with Crippen molar-refractivity contribution in [3.63, 3.8) is 0 Å². The largest absolute Gasteiger partial charge is 0.395 e. The number of carbonyl (C=O) groups is 1. The fraction of sp³-hybridized carbons (Fsp3) is 0.923. The van der Waals surface area contributed by atoms with Crippen molar-refractivity contribution in [1.82, 2.24) is 10.2 Å². The molecule has 0 radical (unpaired) electrons. The molecule has 0 aliphatic heterocycles. The first-order valence-electron chi connectivity index (χ1n) is 6.82. The first-order valence-corrected chi connectivity index (χ1v) is 6.82. The van der Waals surface area contributed by atoms with Crippen molar-refractivity contribution >= 4 is 5.91 Å². The molecule has 2 N–H and O–H groups in total. The van der Waals surface area contributed by atoms with Gasteiger partial charge >= 0.3 is 0 Å². The molecule has 4 heteroatoms. The van der Waals surface area contributed by atoms with Gasteiger partial charge in [0.15, 0.2) is 0 Å². The van der Waals surface area contributed by atoms with E-state index in [0.29, 0.717) is 12.6 Å². The highest BCUT2D eigenvalue weighted by molar-refractivity contribution is 5.79. The Morgan fingerprint density at radius 1 is 1.47 bits per heavy atom. The van der Waals surface area contributed by atoms with Crippen molar-refractivity contribution in [3.05, 3.63) is 0 Å². The van der Waals surface area contributed by atoms with Crippen molar-refractivity contribution < 1.29 is 9.90 Å². The molecule has 4 nitrogen and oxygen atoms in total. The molecule has 0 aromatic rings. The highest BCUT2D eigenvalue weighted by Crippen LogP contribution is 2.24. The molecule has 1 fully saturated rings. The van der Waals surface area contributed by atoms with E-state index < -0.39 is 0 Å². The van der Waals surface area contributed by atoms with Crippen LogP contribution in [0.2, 0.25) is 0 Å². The second kappa shape index (κ2) is 7.67. The topological polar surface area (TPSA) is 52.6 Å². The number of hydrogen-bond donors (Lipinski definition) is 2. The van der Waals surface area contributed by atoms with E-state index >= 15 is 0 Å². The molecule has 100 valence electrons. The SMILES string of the molecule is CCNCC(C)C(=O)N(CCO)C1CCCC1. The van der Waals surface area contributed by atoms with Crippen LogP contribution >= 0.6 is 0 Å². The van der Waals surface area contributed by atoms with Crippen LogP contribution < -0.4 is 5.32 Å². The van der Waals surface area contributed by atoms with Crippen molar-refractivity contribution in [2.45, 2.75) is 45.6 Å². The third-order valence-corrected chi connectivity index (χ3v) is 3.51. The molecule has 1 saturated carbocycles. The molecule has 1 amide bonds. The predicted octanol–water partition coefficient (Wildman–Crippen LogP) is 0.995. The van der Waals surface area contributed by atoms with E-state index in [4.69, 9.17) is 5.11 Å². The summed E-state index contributed by atoms with van der Waals surface area (Å²) in [5.41, 5.74) is 0. The fourth-order valence-electron chi connectivity index (χ4n) is 2.53. The van der Waals surface area contributed by atoms with E-state index in [1.807, 2.05) is 18.7 Å². The molecule has 0 aromatic heterocycles. The first kappa shape index (κ1) is 14.5. The lowest BCUT2D eigenvalue weighted by Crippen LogP contribution is -2.45. The van der Waals surface area contributed by atoms with Gasteiger partial charge in [0.1, 0.15) is 0 Å². The molecular weight excluding hydrogens is 216 g/mol. The van der Waals surface area contributed by atoms with Gasteiger partial charge < -0.3 is 15.3 Å². The van der Waals surface area contributed by atoms with Gasteiger partial charge in [-0.05, 0) is 19.4 Å². The Hall–Kier alpha value is -0.610. The molecular formula is C13H26N2O2. The normalized spacial score (nSPS) is 18.3. The second-order valence-corrected chi connectivity index (χ2v) is 4.90. The van der Waals surface area contributed by atoms with Crippen LogP contribution in [0.25, 0.3) is 0 Å². The molecule has 1 aliphatic rings. The third-order valence-electron chi connectivity index (χ3n) is 3.51. The zero-order valence-electron chi connectivity index (χ0n) is 11.1. The summed E-state index contributed by atoms with van der Waals surface area (Å²) >= 11 is 0. The van der Waals surface area contributed by atoms with Gasteiger partial charge in [-0.2, -0.15) is 0 Å². The van der Waals surface area contributed by atoms with E-state index in [2.05, 4.69) is 5.32 Å². The number of aliphatic hydroxyl groups excluding tert-OH is 1. The predicted molar refractivity (Wildman–Crippen MR) is 68.8 cm³/mol. The molecule has 0 heterocycles. The lowest BCUT2D eigenvalue weighted by atomic mass is 10.1. The van der Waals surface area contributed by atoms with Gasteiger partial charge in [-0.15, -0.1) is 0 Å². The Kier molecular flexibility index (Phi) is 6.52. The molecule has 0 spiro atoms. The highest BCUT2D eigenvalue weighted by Gasteiger charge is 2.28. The number of amides is 1. The van der Waals surface area contributed by atoms with Crippen LogP contribution in [0.15, 0.2) is 0 Å². The quantitative estimate of drug-likeness (QED) is 0.700. The van der Waals surface area contributed by atoms with Gasteiger partial charge in [-0.1, -0.05) is 26.7 Å². The van der Waals surface area contributed by atoms with Gasteiger partial charge in [-0.3, -0.25) is 4.79 Å². The molecule has 0 aromatic carbocycles. The smallest absolute Gasteiger partial charge is 0.227 e. The molecule has 1 rings (SSSR count). The highest BCUT2D eigenvalue weighted by atomic mass is 16.3. The lowest BCUT2D eigenvalue weighted by Gasteiger charge is -2.31. The van der Waals surface area contributed by atoms with Gasteiger partial charge in [-0.25, -0.2) is 0 Å². The van der Waals surface area contributed by atoms with E-state index in [1.54, 1.807) is 0 Å². The minimum Gasteiger partial charge on any atom is -0.395 e. The molecule has 1 unspecified atom stereocenters. The minimum atomic E-state index is 0.00194. The lowest BCUT2D eigenvalue weighted by molar-refractivity contribution is -0.137. The maximum Gasteiger partial charge on any atom is 0.227 e. The van der Waals surface area contributed by atoms with E-state index in [1.165, 1.54) is 12.8 Å². The number of nitrogens with one attached hydrogen (secondary N) is 1. The van der Waals surface area contributed by atoms with Gasteiger partial charge in [0.2, 0.25) is 5.91 Å². The summed E-state index contributed by atoms with van der Waals surface area (Å²) in [5, 5.41) is 12.3.